The third-order valence-corrected chi connectivity index (χ3v) is 2.38. The molecule has 1 rings (SSSR count). The zero-order valence-corrected chi connectivity index (χ0v) is 9.66. The van der Waals surface area contributed by atoms with Gasteiger partial charge in [-0.3, -0.25) is 4.79 Å². The quantitative estimate of drug-likeness (QED) is 0.618. The highest BCUT2D eigenvalue weighted by Crippen LogP contribution is 2.15. The normalized spacial score (nSPS) is 11.6. The van der Waals surface area contributed by atoms with E-state index >= 15 is 0 Å². The van der Waals surface area contributed by atoms with Crippen LogP contribution in [0.15, 0.2) is 18.2 Å². The van der Waals surface area contributed by atoms with Crippen molar-refractivity contribution in [1.82, 2.24) is 5.32 Å². The maximum absolute atomic E-state index is 13.2. The number of amides is 1. The molecule has 90 valence electrons. The van der Waals surface area contributed by atoms with Crippen molar-refractivity contribution in [2.75, 3.05) is 5.73 Å². The molecule has 0 saturated carbocycles. The second-order valence-electron chi connectivity index (χ2n) is 3.68. The predicted molar refractivity (Wildman–Crippen MR) is 65.8 cm³/mol. The third kappa shape index (κ3) is 3.22. The highest BCUT2D eigenvalue weighted by atomic mass is 19.1. The summed E-state index contributed by atoms with van der Waals surface area (Å²) in [5.41, 5.74) is 5.44. The number of benzene rings is 1. The van der Waals surface area contributed by atoms with E-state index in [1.165, 1.54) is 18.2 Å². The minimum atomic E-state index is -0.606. The number of rotatable bonds is 4. The van der Waals surface area contributed by atoms with Gasteiger partial charge in [-0.15, -0.1) is 6.42 Å². The third-order valence-electron chi connectivity index (χ3n) is 2.38. The molecule has 3 nitrogen and oxygen atoms in total. The second-order valence-corrected chi connectivity index (χ2v) is 3.68. The fourth-order valence-corrected chi connectivity index (χ4v) is 1.46. The van der Waals surface area contributed by atoms with Gasteiger partial charge in [0.15, 0.2) is 0 Å². The highest BCUT2D eigenvalue weighted by molar-refractivity contribution is 5.99. The standard InChI is InChI=1S/C13H15FN2O/c1-3-6-9(4-2)16-13(17)10-7-5-8-11(14)12(10)15/h2,5,7-9H,3,6,15H2,1H3,(H,16,17). The van der Waals surface area contributed by atoms with E-state index in [1.807, 2.05) is 6.92 Å². The van der Waals surface area contributed by atoms with Crippen LogP contribution in [-0.4, -0.2) is 11.9 Å². The SMILES string of the molecule is C#CC(CCC)NC(=O)c1cccc(F)c1N. The number of hydrogen-bond acceptors (Lipinski definition) is 2. The fraction of sp³-hybridized carbons (Fsp3) is 0.308. The summed E-state index contributed by atoms with van der Waals surface area (Å²) in [6.45, 7) is 1.97. The molecule has 0 aliphatic rings. The molecule has 1 aromatic rings. The summed E-state index contributed by atoms with van der Waals surface area (Å²) in [6, 6.07) is 3.75. The van der Waals surface area contributed by atoms with Crippen molar-refractivity contribution >= 4 is 11.6 Å². The molecule has 0 aliphatic heterocycles. The van der Waals surface area contributed by atoms with Crippen LogP contribution in [0.1, 0.15) is 30.1 Å². The van der Waals surface area contributed by atoms with Crippen LogP contribution in [0.25, 0.3) is 0 Å². The molecule has 0 heterocycles. The molecule has 0 spiro atoms. The second kappa shape index (κ2) is 5.90. The van der Waals surface area contributed by atoms with Crippen LogP contribution in [-0.2, 0) is 0 Å². The van der Waals surface area contributed by atoms with Gasteiger partial charge in [0.05, 0.1) is 17.3 Å². The van der Waals surface area contributed by atoms with Crippen molar-refractivity contribution in [3.63, 3.8) is 0 Å². The van der Waals surface area contributed by atoms with Crippen molar-refractivity contribution in [1.29, 1.82) is 0 Å². The molecule has 0 fully saturated rings. The molecule has 17 heavy (non-hydrogen) atoms. The summed E-state index contributed by atoms with van der Waals surface area (Å²) in [4.78, 5) is 11.8. The van der Waals surface area contributed by atoms with Gasteiger partial charge in [-0.05, 0) is 18.6 Å². The first-order valence-electron chi connectivity index (χ1n) is 5.41. The van der Waals surface area contributed by atoms with Gasteiger partial charge in [0.1, 0.15) is 5.82 Å². The molecule has 0 aliphatic carbocycles. The van der Waals surface area contributed by atoms with E-state index in [-0.39, 0.29) is 17.3 Å². The van der Waals surface area contributed by atoms with E-state index in [0.29, 0.717) is 6.42 Å². The predicted octanol–water partition coefficient (Wildman–Crippen LogP) is 1.94. The topological polar surface area (TPSA) is 55.1 Å². The molecule has 4 heteroatoms. The Bertz CT molecular complexity index is 451. The fourth-order valence-electron chi connectivity index (χ4n) is 1.46. The van der Waals surface area contributed by atoms with Crippen LogP contribution in [0.5, 0.6) is 0 Å². The monoisotopic (exact) mass is 234 g/mol. The van der Waals surface area contributed by atoms with E-state index in [9.17, 15) is 9.18 Å². The maximum Gasteiger partial charge on any atom is 0.254 e. The number of hydrogen-bond donors (Lipinski definition) is 2. The lowest BCUT2D eigenvalue weighted by Gasteiger charge is -2.13. The van der Waals surface area contributed by atoms with Crippen molar-refractivity contribution < 1.29 is 9.18 Å². The van der Waals surface area contributed by atoms with Crippen LogP contribution < -0.4 is 11.1 Å². The Balaban J connectivity index is 2.83. The number of carbonyl (C=O) groups excluding carboxylic acids is 1. The average Bonchev–Trinajstić information content (AvgIpc) is 2.31. The molecule has 0 aromatic heterocycles. The van der Waals surface area contributed by atoms with Gasteiger partial charge in [0.25, 0.3) is 5.91 Å². The number of carbonyl (C=O) groups is 1. The Morgan fingerprint density at radius 1 is 1.65 bits per heavy atom. The lowest BCUT2D eigenvalue weighted by Crippen LogP contribution is -2.34. The lowest BCUT2D eigenvalue weighted by molar-refractivity contribution is 0.0945. The van der Waals surface area contributed by atoms with Crippen LogP contribution >= 0.6 is 0 Å². The van der Waals surface area contributed by atoms with Gasteiger partial charge in [-0.1, -0.05) is 25.3 Å². The number of nitrogen functional groups attached to an aromatic ring is 1. The molecular formula is C13H15FN2O. The van der Waals surface area contributed by atoms with E-state index in [1.54, 1.807) is 0 Å². The first-order valence-corrected chi connectivity index (χ1v) is 5.41. The summed E-state index contributed by atoms with van der Waals surface area (Å²) in [6.07, 6.45) is 6.82. The Hall–Kier alpha value is -2.02. The Labute approximate surface area is 100 Å². The van der Waals surface area contributed by atoms with Crippen molar-refractivity contribution in [3.05, 3.63) is 29.6 Å². The molecule has 0 bridgehead atoms. The molecule has 1 atom stereocenters. The van der Waals surface area contributed by atoms with E-state index in [2.05, 4.69) is 11.2 Å². The van der Waals surface area contributed by atoms with Crippen molar-refractivity contribution in [2.24, 2.45) is 0 Å². The number of para-hydroxylation sites is 1. The summed E-state index contributed by atoms with van der Waals surface area (Å²) < 4.78 is 13.2. The number of nitrogens with two attached hydrogens (primary N) is 1. The summed E-state index contributed by atoms with van der Waals surface area (Å²) in [5, 5.41) is 2.63. The van der Waals surface area contributed by atoms with E-state index < -0.39 is 11.7 Å². The molecule has 3 N–H and O–H groups in total. The summed E-state index contributed by atoms with van der Waals surface area (Å²) in [7, 11) is 0. The summed E-state index contributed by atoms with van der Waals surface area (Å²) in [5.74, 6) is 1.42. The van der Waals surface area contributed by atoms with Crippen LogP contribution in [0.2, 0.25) is 0 Å². The molecule has 0 saturated heterocycles. The van der Waals surface area contributed by atoms with Gasteiger partial charge < -0.3 is 11.1 Å². The summed E-state index contributed by atoms with van der Waals surface area (Å²) >= 11 is 0. The molecule has 0 radical (unpaired) electrons. The average molecular weight is 234 g/mol. The zero-order valence-electron chi connectivity index (χ0n) is 9.66. The first-order chi connectivity index (χ1) is 8.10. The molecule has 1 aromatic carbocycles. The van der Waals surface area contributed by atoms with Gasteiger partial charge >= 0.3 is 0 Å². The van der Waals surface area contributed by atoms with Gasteiger partial charge in [-0.25, -0.2) is 4.39 Å². The first kappa shape index (κ1) is 13.0. The Kier molecular flexibility index (Phi) is 4.53. The molecule has 1 amide bonds. The smallest absolute Gasteiger partial charge is 0.254 e. The largest absolute Gasteiger partial charge is 0.396 e. The molecule has 1 unspecified atom stereocenters. The number of anilines is 1. The van der Waals surface area contributed by atoms with E-state index in [4.69, 9.17) is 12.2 Å². The van der Waals surface area contributed by atoms with Crippen LogP contribution in [0.4, 0.5) is 10.1 Å². The number of halogens is 1. The van der Waals surface area contributed by atoms with Gasteiger partial charge in [0.2, 0.25) is 0 Å². The van der Waals surface area contributed by atoms with Gasteiger partial charge in [0, 0.05) is 0 Å². The minimum Gasteiger partial charge on any atom is -0.396 e. The minimum absolute atomic E-state index is 0.112. The van der Waals surface area contributed by atoms with Gasteiger partial charge in [-0.2, -0.15) is 0 Å². The number of terminal acetylenes is 1. The molecular weight excluding hydrogens is 219 g/mol. The van der Waals surface area contributed by atoms with Crippen LogP contribution in [0, 0.1) is 18.2 Å². The Morgan fingerprint density at radius 2 is 2.35 bits per heavy atom. The zero-order chi connectivity index (χ0) is 12.8. The Morgan fingerprint density at radius 3 is 2.94 bits per heavy atom. The number of nitrogens with one attached hydrogen (secondary N) is 1. The lowest BCUT2D eigenvalue weighted by atomic mass is 10.1. The van der Waals surface area contributed by atoms with E-state index in [0.717, 1.165) is 6.42 Å². The van der Waals surface area contributed by atoms with Crippen LogP contribution in [0.3, 0.4) is 0 Å². The highest BCUT2D eigenvalue weighted by Gasteiger charge is 2.15. The van der Waals surface area contributed by atoms with Crippen molar-refractivity contribution in [2.45, 2.75) is 25.8 Å². The maximum atomic E-state index is 13.2. The van der Waals surface area contributed by atoms with Crippen molar-refractivity contribution in [3.8, 4) is 12.3 Å².